The predicted molar refractivity (Wildman–Crippen MR) is 75.6 cm³/mol. The summed E-state index contributed by atoms with van der Waals surface area (Å²) in [5.74, 6) is 0.282. The number of piperidine rings is 1. The maximum atomic E-state index is 13.4. The van der Waals surface area contributed by atoms with E-state index in [0.29, 0.717) is 5.92 Å². The number of aliphatic hydroxyl groups excluding tert-OH is 1. The van der Waals surface area contributed by atoms with Gasteiger partial charge in [-0.15, -0.1) is 0 Å². The van der Waals surface area contributed by atoms with Crippen LogP contribution in [-0.4, -0.2) is 24.8 Å². The molecule has 1 aliphatic rings. The molecule has 0 aliphatic carbocycles. The van der Waals surface area contributed by atoms with E-state index in [4.69, 9.17) is 10.8 Å². The van der Waals surface area contributed by atoms with Gasteiger partial charge in [0, 0.05) is 31.4 Å². The summed E-state index contributed by atoms with van der Waals surface area (Å²) in [6.45, 7) is 4.02. The van der Waals surface area contributed by atoms with Crippen molar-refractivity contribution in [2.45, 2.75) is 32.2 Å². The Kier molecular flexibility index (Phi) is 4.77. The number of rotatable bonds is 4. The molecule has 2 atom stereocenters. The third kappa shape index (κ3) is 3.45. The molecule has 0 amide bonds. The molecule has 0 aromatic heterocycles. The predicted octanol–water partition coefficient (Wildman–Crippen LogP) is 2.44. The molecule has 0 radical (unpaired) electrons. The maximum Gasteiger partial charge on any atom is 0.123 e. The Morgan fingerprint density at radius 1 is 1.53 bits per heavy atom. The molecule has 4 heteroatoms. The fraction of sp³-hybridized carbons (Fsp3) is 0.600. The first-order valence-corrected chi connectivity index (χ1v) is 7.02. The van der Waals surface area contributed by atoms with Gasteiger partial charge in [-0.25, -0.2) is 4.39 Å². The van der Waals surface area contributed by atoms with Gasteiger partial charge in [0.1, 0.15) is 5.82 Å². The van der Waals surface area contributed by atoms with Crippen LogP contribution in [0.25, 0.3) is 0 Å². The van der Waals surface area contributed by atoms with Gasteiger partial charge in [-0.1, -0.05) is 0 Å². The van der Waals surface area contributed by atoms with Crippen molar-refractivity contribution >= 4 is 5.69 Å². The van der Waals surface area contributed by atoms with Crippen LogP contribution in [0, 0.1) is 11.7 Å². The largest absolute Gasteiger partial charge is 0.396 e. The van der Waals surface area contributed by atoms with Gasteiger partial charge in [-0.2, -0.15) is 0 Å². The second-order valence-corrected chi connectivity index (χ2v) is 5.46. The summed E-state index contributed by atoms with van der Waals surface area (Å²) in [4.78, 5) is 2.28. The number of anilines is 1. The molecule has 1 fully saturated rings. The zero-order valence-corrected chi connectivity index (χ0v) is 11.5. The number of nitrogens with two attached hydrogens (primary N) is 1. The minimum Gasteiger partial charge on any atom is -0.396 e. The van der Waals surface area contributed by atoms with Crippen molar-refractivity contribution in [1.82, 2.24) is 0 Å². The van der Waals surface area contributed by atoms with Crippen LogP contribution >= 0.6 is 0 Å². The standard InChI is InChI=1S/C15H23FN2O/c1-11(17)14-9-13(16)4-5-15(14)18-7-2-3-12(10-18)6-8-19/h4-5,9,11-12,19H,2-3,6-8,10,17H2,1H3/t11-,12?/m1/s1. The Bertz CT molecular complexity index is 421. The van der Waals surface area contributed by atoms with Gasteiger partial charge in [0.05, 0.1) is 0 Å². The first kappa shape index (κ1) is 14.3. The minimum absolute atomic E-state index is 0.177. The molecule has 0 bridgehead atoms. The van der Waals surface area contributed by atoms with Crippen molar-refractivity contribution in [2.24, 2.45) is 11.7 Å². The van der Waals surface area contributed by atoms with Gasteiger partial charge < -0.3 is 15.7 Å². The average Bonchev–Trinajstić information content (AvgIpc) is 2.39. The summed E-state index contributed by atoms with van der Waals surface area (Å²) in [5.41, 5.74) is 7.86. The molecule has 1 aromatic carbocycles. The Morgan fingerprint density at radius 3 is 3.00 bits per heavy atom. The van der Waals surface area contributed by atoms with Crippen LogP contribution in [0.2, 0.25) is 0 Å². The van der Waals surface area contributed by atoms with E-state index in [1.807, 2.05) is 13.0 Å². The lowest BCUT2D eigenvalue weighted by Crippen LogP contribution is -2.36. The van der Waals surface area contributed by atoms with Crippen LogP contribution in [-0.2, 0) is 0 Å². The van der Waals surface area contributed by atoms with Crippen molar-refractivity contribution in [1.29, 1.82) is 0 Å². The smallest absolute Gasteiger partial charge is 0.123 e. The van der Waals surface area contributed by atoms with Crippen LogP contribution in [0.4, 0.5) is 10.1 Å². The summed E-state index contributed by atoms with van der Waals surface area (Å²) in [6.07, 6.45) is 3.11. The van der Waals surface area contributed by atoms with Gasteiger partial charge in [-0.05, 0) is 55.9 Å². The first-order chi connectivity index (χ1) is 9.11. The van der Waals surface area contributed by atoms with Crippen LogP contribution < -0.4 is 10.6 Å². The van der Waals surface area contributed by atoms with Crippen LogP contribution in [0.1, 0.15) is 37.8 Å². The molecule has 1 heterocycles. The molecule has 1 aliphatic heterocycles. The number of benzene rings is 1. The van der Waals surface area contributed by atoms with Crippen LogP contribution in [0.3, 0.4) is 0 Å². The van der Waals surface area contributed by atoms with E-state index in [9.17, 15) is 4.39 Å². The fourth-order valence-corrected chi connectivity index (χ4v) is 2.88. The normalized spacial score (nSPS) is 21.5. The lowest BCUT2D eigenvalue weighted by atomic mass is 9.93. The number of hydrogen-bond acceptors (Lipinski definition) is 3. The molecular formula is C15H23FN2O. The van der Waals surface area contributed by atoms with Gasteiger partial charge in [-0.3, -0.25) is 0 Å². The summed E-state index contributed by atoms with van der Waals surface area (Å²) < 4.78 is 13.4. The third-order valence-electron chi connectivity index (χ3n) is 3.88. The molecule has 1 saturated heterocycles. The maximum absolute atomic E-state index is 13.4. The van der Waals surface area contributed by atoms with E-state index in [2.05, 4.69) is 4.90 Å². The highest BCUT2D eigenvalue weighted by Crippen LogP contribution is 2.30. The minimum atomic E-state index is -0.236. The van der Waals surface area contributed by atoms with Gasteiger partial charge in [0.25, 0.3) is 0 Å². The summed E-state index contributed by atoms with van der Waals surface area (Å²) in [7, 11) is 0. The van der Waals surface area contributed by atoms with Crippen molar-refractivity contribution in [3.63, 3.8) is 0 Å². The topological polar surface area (TPSA) is 49.5 Å². The number of hydrogen-bond donors (Lipinski definition) is 2. The average molecular weight is 266 g/mol. The summed E-state index contributed by atoms with van der Waals surface area (Å²) >= 11 is 0. The molecule has 19 heavy (non-hydrogen) atoms. The highest BCUT2D eigenvalue weighted by atomic mass is 19.1. The zero-order valence-electron chi connectivity index (χ0n) is 11.5. The van der Waals surface area contributed by atoms with E-state index in [1.54, 1.807) is 0 Å². The monoisotopic (exact) mass is 266 g/mol. The van der Waals surface area contributed by atoms with Crippen molar-refractivity contribution < 1.29 is 9.50 Å². The molecule has 3 N–H and O–H groups in total. The lowest BCUT2D eigenvalue weighted by molar-refractivity contribution is 0.244. The van der Waals surface area contributed by atoms with Gasteiger partial charge >= 0.3 is 0 Å². The van der Waals surface area contributed by atoms with Crippen LogP contribution in [0.15, 0.2) is 18.2 Å². The molecular weight excluding hydrogens is 243 g/mol. The Balaban J connectivity index is 2.20. The van der Waals surface area contributed by atoms with Gasteiger partial charge in [0.15, 0.2) is 0 Å². The highest BCUT2D eigenvalue weighted by molar-refractivity contribution is 5.55. The fourth-order valence-electron chi connectivity index (χ4n) is 2.88. The first-order valence-electron chi connectivity index (χ1n) is 7.02. The Labute approximate surface area is 114 Å². The van der Waals surface area contributed by atoms with Gasteiger partial charge in [0.2, 0.25) is 0 Å². The number of aliphatic hydroxyl groups is 1. The van der Waals surface area contributed by atoms with Crippen LogP contribution in [0.5, 0.6) is 0 Å². The van der Waals surface area contributed by atoms with Crippen molar-refractivity contribution in [3.8, 4) is 0 Å². The molecule has 106 valence electrons. The summed E-state index contributed by atoms with van der Waals surface area (Å²) in [6, 6.07) is 4.69. The van der Waals surface area contributed by atoms with E-state index in [0.717, 1.165) is 43.6 Å². The second-order valence-electron chi connectivity index (χ2n) is 5.46. The zero-order chi connectivity index (χ0) is 13.8. The Hall–Kier alpha value is -1.13. The molecule has 1 aromatic rings. The van der Waals surface area contributed by atoms with E-state index in [-0.39, 0.29) is 18.5 Å². The Morgan fingerprint density at radius 2 is 2.32 bits per heavy atom. The molecule has 3 nitrogen and oxygen atoms in total. The third-order valence-corrected chi connectivity index (χ3v) is 3.88. The second kappa shape index (κ2) is 6.35. The van der Waals surface area contributed by atoms with Crippen molar-refractivity contribution in [2.75, 3.05) is 24.6 Å². The quantitative estimate of drug-likeness (QED) is 0.880. The summed E-state index contributed by atoms with van der Waals surface area (Å²) in [5, 5.41) is 9.07. The SMILES string of the molecule is C[C@@H](N)c1cc(F)ccc1N1CCCC(CCO)C1. The van der Waals surface area contributed by atoms with E-state index >= 15 is 0 Å². The van der Waals surface area contributed by atoms with E-state index in [1.165, 1.54) is 12.1 Å². The van der Waals surface area contributed by atoms with Crippen molar-refractivity contribution in [3.05, 3.63) is 29.6 Å². The number of nitrogens with zero attached hydrogens (tertiary/aromatic N) is 1. The number of halogens is 1. The van der Waals surface area contributed by atoms with E-state index < -0.39 is 0 Å². The molecule has 0 saturated carbocycles. The lowest BCUT2D eigenvalue weighted by Gasteiger charge is -2.36. The highest BCUT2D eigenvalue weighted by Gasteiger charge is 2.22. The molecule has 2 rings (SSSR count). The molecule has 0 spiro atoms. The molecule has 1 unspecified atom stereocenters.